The second kappa shape index (κ2) is 18.0. The van der Waals surface area contributed by atoms with E-state index in [9.17, 15) is 24.6 Å². The van der Waals surface area contributed by atoms with Gasteiger partial charge in [-0.25, -0.2) is 9.59 Å². The zero-order valence-corrected chi connectivity index (χ0v) is 30.4. The molecule has 0 saturated carbocycles. The van der Waals surface area contributed by atoms with Crippen molar-refractivity contribution in [3.8, 4) is 5.75 Å². The molecule has 1 aliphatic heterocycles. The lowest BCUT2D eigenvalue weighted by Gasteiger charge is -2.36. The van der Waals surface area contributed by atoms with Crippen molar-refractivity contribution in [3.63, 3.8) is 0 Å². The molecule has 1 aliphatic rings. The number of rotatable bonds is 9. The summed E-state index contributed by atoms with van der Waals surface area (Å²) in [6.45, 7) is 7.61. The van der Waals surface area contributed by atoms with Crippen molar-refractivity contribution in [2.24, 2.45) is 5.92 Å². The number of aliphatic hydroxyl groups excluding tert-OH is 1. The summed E-state index contributed by atoms with van der Waals surface area (Å²) < 4.78 is 12.8. The number of amides is 3. The number of urea groups is 1. The summed E-state index contributed by atoms with van der Waals surface area (Å²) in [6.07, 6.45) is 2.06. The SMILES string of the molecule is C[C@@H]1CCCCO[C@@H](CN(C)Cc2ccc(C(=O)O)cc2)[C@@H](C)CN([C@@H](C)CO)C(=O)c2cc(NC(=O)Nc3cccc4ccccc34)ccc2O1. The van der Waals surface area contributed by atoms with Crippen LogP contribution in [0.3, 0.4) is 0 Å². The molecule has 11 nitrogen and oxygen atoms in total. The summed E-state index contributed by atoms with van der Waals surface area (Å²) in [5.41, 5.74) is 2.60. The first-order valence-electron chi connectivity index (χ1n) is 17.9. The van der Waals surface area contributed by atoms with Crippen LogP contribution in [0.15, 0.2) is 84.9 Å². The number of hydrogen-bond donors (Lipinski definition) is 4. The lowest BCUT2D eigenvalue weighted by Crippen LogP contribution is -2.47. The van der Waals surface area contributed by atoms with Gasteiger partial charge in [-0.15, -0.1) is 0 Å². The summed E-state index contributed by atoms with van der Waals surface area (Å²) in [5, 5.41) is 27.3. The zero-order valence-electron chi connectivity index (χ0n) is 30.4. The molecule has 1 heterocycles. The van der Waals surface area contributed by atoms with Crippen LogP contribution in [0.4, 0.5) is 16.2 Å². The van der Waals surface area contributed by atoms with E-state index in [0.29, 0.717) is 48.9 Å². The molecule has 276 valence electrons. The van der Waals surface area contributed by atoms with E-state index in [0.717, 1.165) is 35.6 Å². The van der Waals surface area contributed by atoms with E-state index in [4.69, 9.17) is 9.47 Å². The Morgan fingerprint density at radius 3 is 2.48 bits per heavy atom. The van der Waals surface area contributed by atoms with Crippen molar-refractivity contribution in [3.05, 3.63) is 102 Å². The van der Waals surface area contributed by atoms with E-state index < -0.39 is 18.0 Å². The van der Waals surface area contributed by atoms with Crippen LogP contribution in [0.5, 0.6) is 5.75 Å². The summed E-state index contributed by atoms with van der Waals surface area (Å²) in [4.78, 5) is 42.8. The van der Waals surface area contributed by atoms with Crippen LogP contribution in [0.2, 0.25) is 0 Å². The number of carboxylic acid groups (broad SMARTS) is 1. The highest BCUT2D eigenvalue weighted by atomic mass is 16.5. The summed E-state index contributed by atoms with van der Waals surface area (Å²) in [7, 11) is 1.99. The molecule has 3 amide bonds. The van der Waals surface area contributed by atoms with E-state index in [1.165, 1.54) is 0 Å². The molecule has 4 N–H and O–H groups in total. The highest BCUT2D eigenvalue weighted by Gasteiger charge is 2.30. The molecule has 0 unspecified atom stereocenters. The molecule has 0 saturated heterocycles. The van der Waals surface area contributed by atoms with Crippen LogP contribution in [0, 0.1) is 5.92 Å². The van der Waals surface area contributed by atoms with E-state index in [-0.39, 0.29) is 36.2 Å². The van der Waals surface area contributed by atoms with Gasteiger partial charge in [-0.05, 0) is 87.5 Å². The number of carbonyl (C=O) groups excluding carboxylic acids is 2. The molecule has 0 radical (unpaired) electrons. The Morgan fingerprint density at radius 2 is 1.73 bits per heavy atom. The second-order valence-corrected chi connectivity index (χ2v) is 13.8. The maximum atomic E-state index is 14.5. The monoisotopic (exact) mass is 710 g/mol. The molecule has 0 fully saturated rings. The average Bonchev–Trinajstić information content (AvgIpc) is 3.13. The number of ether oxygens (including phenoxy) is 2. The van der Waals surface area contributed by atoms with Crippen LogP contribution in [-0.2, 0) is 11.3 Å². The number of likely N-dealkylation sites (N-methyl/N-ethyl adjacent to an activating group) is 1. The van der Waals surface area contributed by atoms with Crippen molar-refractivity contribution < 1.29 is 34.1 Å². The Hall–Kier alpha value is -4.97. The third-order valence-corrected chi connectivity index (χ3v) is 9.49. The highest BCUT2D eigenvalue weighted by molar-refractivity contribution is 6.07. The number of benzene rings is 4. The lowest BCUT2D eigenvalue weighted by atomic mass is 10.0. The van der Waals surface area contributed by atoms with Gasteiger partial charge in [-0.3, -0.25) is 9.69 Å². The van der Waals surface area contributed by atoms with Gasteiger partial charge in [0.05, 0.1) is 41.7 Å². The molecule has 0 bridgehead atoms. The number of carbonyl (C=O) groups is 3. The Kier molecular flexibility index (Phi) is 13.2. The fourth-order valence-electron chi connectivity index (χ4n) is 6.52. The average molecular weight is 711 g/mol. The largest absolute Gasteiger partial charge is 0.490 e. The third kappa shape index (κ3) is 10.1. The molecule has 0 aliphatic carbocycles. The van der Waals surface area contributed by atoms with Gasteiger partial charge in [0.2, 0.25) is 0 Å². The van der Waals surface area contributed by atoms with Gasteiger partial charge < -0.3 is 35.2 Å². The molecular weight excluding hydrogens is 660 g/mol. The first-order valence-corrected chi connectivity index (χ1v) is 17.9. The van der Waals surface area contributed by atoms with Gasteiger partial charge in [0.1, 0.15) is 5.75 Å². The van der Waals surface area contributed by atoms with Crippen molar-refractivity contribution >= 4 is 40.1 Å². The van der Waals surface area contributed by atoms with Crippen molar-refractivity contribution in [2.45, 2.75) is 64.8 Å². The van der Waals surface area contributed by atoms with Crippen LogP contribution >= 0.6 is 0 Å². The van der Waals surface area contributed by atoms with E-state index in [1.54, 1.807) is 42.2 Å². The summed E-state index contributed by atoms with van der Waals surface area (Å²) in [6, 6.07) is 24.5. The summed E-state index contributed by atoms with van der Waals surface area (Å²) >= 11 is 0. The minimum Gasteiger partial charge on any atom is -0.490 e. The van der Waals surface area contributed by atoms with Gasteiger partial charge in [0, 0.05) is 43.2 Å². The predicted octanol–water partition coefficient (Wildman–Crippen LogP) is 7.11. The number of aliphatic hydroxyl groups is 1. The molecule has 4 aromatic carbocycles. The molecular formula is C41H50N4O7. The number of aromatic carboxylic acids is 1. The van der Waals surface area contributed by atoms with Gasteiger partial charge in [0.15, 0.2) is 0 Å². The number of hydrogen-bond acceptors (Lipinski definition) is 7. The third-order valence-electron chi connectivity index (χ3n) is 9.49. The predicted molar refractivity (Wildman–Crippen MR) is 203 cm³/mol. The molecule has 52 heavy (non-hydrogen) atoms. The molecule has 5 rings (SSSR count). The standard InChI is InChI=1S/C41H50N4O7/c1-27-23-45(28(2)26-46)39(47)35-22-33(42-41(50)43-36-14-9-12-31-11-5-6-13-34(31)36)19-20-37(35)52-29(3)10-7-8-21-51-38(27)25-44(4)24-30-15-17-32(18-16-30)40(48)49/h5-6,9,11-20,22,27-29,38,46H,7-8,10,21,23-26H2,1-4H3,(H,48,49)(H2,42,43,50)/t27-,28-,29+,38-/m0/s1. The Morgan fingerprint density at radius 1 is 0.981 bits per heavy atom. The Labute approximate surface area is 305 Å². The minimum atomic E-state index is -0.962. The van der Waals surface area contributed by atoms with Gasteiger partial charge in [-0.2, -0.15) is 0 Å². The van der Waals surface area contributed by atoms with Crippen LogP contribution < -0.4 is 15.4 Å². The van der Waals surface area contributed by atoms with E-state index in [1.807, 2.05) is 75.5 Å². The van der Waals surface area contributed by atoms with Gasteiger partial charge in [-0.1, -0.05) is 55.5 Å². The maximum Gasteiger partial charge on any atom is 0.335 e. The maximum absolute atomic E-state index is 14.5. The van der Waals surface area contributed by atoms with Gasteiger partial charge >= 0.3 is 12.0 Å². The molecule has 0 spiro atoms. The normalized spacial score (nSPS) is 19.3. The number of fused-ring (bicyclic) bond motifs is 2. The van der Waals surface area contributed by atoms with Crippen molar-refractivity contribution in [1.82, 2.24) is 9.80 Å². The first kappa shape index (κ1) is 38.3. The van der Waals surface area contributed by atoms with Crippen LogP contribution in [0.1, 0.15) is 66.3 Å². The minimum absolute atomic E-state index is 0.117. The quantitative estimate of drug-likeness (QED) is 0.144. The van der Waals surface area contributed by atoms with Gasteiger partial charge in [0.25, 0.3) is 5.91 Å². The Balaban J connectivity index is 1.37. The number of nitrogens with zero attached hydrogens (tertiary/aromatic N) is 2. The zero-order chi connectivity index (χ0) is 37.2. The van der Waals surface area contributed by atoms with Crippen molar-refractivity contribution in [2.75, 3.05) is 44.0 Å². The fraction of sp³-hybridized carbons (Fsp3) is 0.390. The smallest absolute Gasteiger partial charge is 0.335 e. The van der Waals surface area contributed by atoms with Crippen molar-refractivity contribution in [1.29, 1.82) is 0 Å². The van der Waals surface area contributed by atoms with Crippen LogP contribution in [-0.4, -0.2) is 89.5 Å². The molecule has 4 atom stereocenters. The number of carboxylic acids is 1. The molecule has 0 aromatic heterocycles. The van der Waals surface area contributed by atoms with Crippen LogP contribution in [0.25, 0.3) is 10.8 Å². The lowest BCUT2D eigenvalue weighted by molar-refractivity contribution is -0.0177. The highest BCUT2D eigenvalue weighted by Crippen LogP contribution is 2.29. The molecule has 4 aromatic rings. The summed E-state index contributed by atoms with van der Waals surface area (Å²) in [5.74, 6) is -0.986. The van der Waals surface area contributed by atoms with E-state index in [2.05, 4.69) is 15.5 Å². The topological polar surface area (TPSA) is 141 Å². The Bertz CT molecular complexity index is 1830. The fourth-order valence-corrected chi connectivity index (χ4v) is 6.52. The second-order valence-electron chi connectivity index (χ2n) is 13.8. The number of nitrogens with one attached hydrogen (secondary N) is 2. The number of anilines is 2. The first-order chi connectivity index (χ1) is 25.0. The van der Waals surface area contributed by atoms with E-state index >= 15 is 0 Å². The molecule has 11 heteroatoms.